The van der Waals surface area contributed by atoms with Crippen LogP contribution in [-0.4, -0.2) is 25.4 Å². The molecule has 2 fully saturated rings. The van der Waals surface area contributed by atoms with Crippen molar-refractivity contribution in [3.05, 3.63) is 29.8 Å². The molecule has 0 bridgehead atoms. The summed E-state index contributed by atoms with van der Waals surface area (Å²) in [5, 5.41) is 3.18. The van der Waals surface area contributed by atoms with Crippen molar-refractivity contribution in [2.75, 3.05) is 13.7 Å². The number of nitrogens with one attached hydrogen (secondary N) is 1. The Hall–Kier alpha value is -1.06. The number of benzene rings is 1. The fraction of sp³-hybridized carbons (Fsp3) is 0.647. The highest BCUT2D eigenvalue weighted by molar-refractivity contribution is 5.33. The van der Waals surface area contributed by atoms with E-state index in [1.807, 2.05) is 19.2 Å². The van der Waals surface area contributed by atoms with Crippen molar-refractivity contribution in [2.45, 2.75) is 56.8 Å². The van der Waals surface area contributed by atoms with Crippen molar-refractivity contribution in [3.63, 3.8) is 0 Å². The van der Waals surface area contributed by atoms with Crippen LogP contribution in [-0.2, 0) is 11.3 Å². The Morgan fingerprint density at radius 2 is 2.05 bits per heavy atom. The second-order valence-electron chi connectivity index (χ2n) is 6.12. The Morgan fingerprint density at radius 1 is 1.25 bits per heavy atom. The summed E-state index contributed by atoms with van der Waals surface area (Å²) >= 11 is 0. The van der Waals surface area contributed by atoms with Gasteiger partial charge in [-0.15, -0.1) is 0 Å². The van der Waals surface area contributed by atoms with E-state index in [-0.39, 0.29) is 11.7 Å². The number of hydrogen-bond acceptors (Lipinski definition) is 3. The molecule has 2 aliphatic rings. The van der Waals surface area contributed by atoms with Crippen molar-refractivity contribution in [2.24, 2.45) is 0 Å². The lowest BCUT2D eigenvalue weighted by Crippen LogP contribution is -2.27. The lowest BCUT2D eigenvalue weighted by molar-refractivity contribution is -0.0509. The Balaban J connectivity index is 1.55. The number of rotatable bonds is 5. The molecule has 110 valence electrons. The number of hydrogen-bond donors (Lipinski definition) is 1. The molecule has 20 heavy (non-hydrogen) atoms. The molecule has 1 aromatic carbocycles. The summed E-state index contributed by atoms with van der Waals surface area (Å²) in [6, 6.07) is 8.24. The van der Waals surface area contributed by atoms with Gasteiger partial charge in [-0.3, -0.25) is 0 Å². The molecule has 1 spiro atoms. The van der Waals surface area contributed by atoms with E-state index in [9.17, 15) is 0 Å². The van der Waals surface area contributed by atoms with Crippen molar-refractivity contribution in [1.82, 2.24) is 5.32 Å². The third kappa shape index (κ3) is 2.99. The first-order valence-electron chi connectivity index (χ1n) is 7.84. The van der Waals surface area contributed by atoms with Gasteiger partial charge in [-0.25, -0.2) is 0 Å². The first kappa shape index (κ1) is 13.9. The van der Waals surface area contributed by atoms with Crippen LogP contribution in [0.15, 0.2) is 24.3 Å². The average molecular weight is 275 g/mol. The van der Waals surface area contributed by atoms with Crippen LogP contribution >= 0.6 is 0 Å². The van der Waals surface area contributed by atoms with Crippen molar-refractivity contribution in [1.29, 1.82) is 0 Å². The Kier molecular flexibility index (Phi) is 4.27. The quantitative estimate of drug-likeness (QED) is 0.894. The molecule has 3 rings (SSSR count). The zero-order valence-corrected chi connectivity index (χ0v) is 12.4. The van der Waals surface area contributed by atoms with Crippen LogP contribution in [0.3, 0.4) is 0 Å². The van der Waals surface area contributed by atoms with E-state index in [2.05, 4.69) is 17.4 Å². The van der Waals surface area contributed by atoms with E-state index in [4.69, 9.17) is 9.47 Å². The molecule has 1 unspecified atom stereocenters. The van der Waals surface area contributed by atoms with Gasteiger partial charge in [0, 0.05) is 12.1 Å². The van der Waals surface area contributed by atoms with Crippen LogP contribution in [0.5, 0.6) is 5.75 Å². The molecule has 1 aromatic rings. The molecule has 1 saturated heterocycles. The van der Waals surface area contributed by atoms with Gasteiger partial charge in [0.1, 0.15) is 12.4 Å². The number of ether oxygens (including phenoxy) is 2. The van der Waals surface area contributed by atoms with Gasteiger partial charge < -0.3 is 14.8 Å². The maximum Gasteiger partial charge on any atom is 0.123 e. The van der Waals surface area contributed by atoms with Crippen LogP contribution in [0.4, 0.5) is 0 Å². The Bertz CT molecular complexity index is 440. The normalized spacial score (nSPS) is 24.4. The molecule has 3 nitrogen and oxygen atoms in total. The zero-order chi connectivity index (χ0) is 13.8. The van der Waals surface area contributed by atoms with Crippen molar-refractivity contribution >= 4 is 0 Å². The fourth-order valence-electron chi connectivity index (χ4n) is 3.56. The SMILES string of the molecule is CNCc1ccccc1OCC1CCC2(CCCC2)O1. The molecule has 0 radical (unpaired) electrons. The largest absolute Gasteiger partial charge is 0.491 e. The minimum absolute atomic E-state index is 0.207. The van der Waals surface area contributed by atoms with Crippen LogP contribution in [0.25, 0.3) is 0 Å². The van der Waals surface area contributed by atoms with Crippen LogP contribution in [0, 0.1) is 0 Å². The lowest BCUT2D eigenvalue weighted by atomic mass is 9.98. The maximum atomic E-state index is 6.29. The summed E-state index contributed by atoms with van der Waals surface area (Å²) in [6.45, 7) is 1.52. The molecule has 1 aliphatic heterocycles. The number of para-hydroxylation sites is 1. The van der Waals surface area contributed by atoms with Crippen LogP contribution in [0.1, 0.15) is 44.1 Å². The van der Waals surface area contributed by atoms with Gasteiger partial charge in [0.05, 0.1) is 11.7 Å². The summed E-state index contributed by atoms with van der Waals surface area (Å²) in [5.74, 6) is 0.984. The van der Waals surface area contributed by atoms with Crippen LogP contribution in [0.2, 0.25) is 0 Å². The van der Waals surface area contributed by atoms with Gasteiger partial charge in [0.2, 0.25) is 0 Å². The van der Waals surface area contributed by atoms with Gasteiger partial charge >= 0.3 is 0 Å². The molecule has 0 aromatic heterocycles. The standard InChI is InChI=1S/C17H25NO2/c1-18-12-14-6-2-3-7-16(14)19-13-15-8-11-17(20-15)9-4-5-10-17/h2-3,6-7,15,18H,4-5,8-13H2,1H3. The summed E-state index contributed by atoms with van der Waals surface area (Å²) in [6.07, 6.45) is 7.81. The highest BCUT2D eigenvalue weighted by Gasteiger charge is 2.42. The minimum Gasteiger partial charge on any atom is -0.491 e. The maximum absolute atomic E-state index is 6.29. The van der Waals surface area contributed by atoms with Gasteiger partial charge in [-0.05, 0) is 38.8 Å². The van der Waals surface area contributed by atoms with E-state index in [1.54, 1.807) is 0 Å². The monoisotopic (exact) mass is 275 g/mol. The van der Waals surface area contributed by atoms with Gasteiger partial charge in [-0.2, -0.15) is 0 Å². The fourth-order valence-corrected chi connectivity index (χ4v) is 3.56. The highest BCUT2D eigenvalue weighted by atomic mass is 16.6. The average Bonchev–Trinajstić information content (AvgIpc) is 3.09. The van der Waals surface area contributed by atoms with Crippen molar-refractivity contribution < 1.29 is 9.47 Å². The lowest BCUT2D eigenvalue weighted by Gasteiger charge is -2.24. The molecule has 1 atom stereocenters. The van der Waals surface area contributed by atoms with E-state index in [0.717, 1.165) is 18.7 Å². The van der Waals surface area contributed by atoms with Gasteiger partial charge in [0.15, 0.2) is 0 Å². The Labute approximate surface area is 121 Å². The van der Waals surface area contributed by atoms with E-state index >= 15 is 0 Å². The molecule has 1 N–H and O–H groups in total. The first-order valence-corrected chi connectivity index (χ1v) is 7.84. The minimum atomic E-state index is 0.207. The summed E-state index contributed by atoms with van der Waals surface area (Å²) in [7, 11) is 1.96. The van der Waals surface area contributed by atoms with E-state index < -0.39 is 0 Å². The summed E-state index contributed by atoms with van der Waals surface area (Å²) in [4.78, 5) is 0. The third-order valence-electron chi connectivity index (χ3n) is 4.62. The van der Waals surface area contributed by atoms with Gasteiger partial charge in [-0.1, -0.05) is 31.0 Å². The summed E-state index contributed by atoms with van der Waals surface area (Å²) < 4.78 is 12.3. The topological polar surface area (TPSA) is 30.5 Å². The second kappa shape index (κ2) is 6.15. The second-order valence-corrected chi connectivity index (χ2v) is 6.12. The van der Waals surface area contributed by atoms with Crippen LogP contribution < -0.4 is 10.1 Å². The molecule has 1 saturated carbocycles. The van der Waals surface area contributed by atoms with E-state index in [1.165, 1.54) is 37.7 Å². The van der Waals surface area contributed by atoms with E-state index in [0.29, 0.717) is 6.61 Å². The molecular weight excluding hydrogens is 250 g/mol. The molecule has 1 aliphatic carbocycles. The Morgan fingerprint density at radius 3 is 2.85 bits per heavy atom. The van der Waals surface area contributed by atoms with Crippen molar-refractivity contribution in [3.8, 4) is 5.75 Å². The molecule has 1 heterocycles. The first-order chi connectivity index (χ1) is 9.81. The highest BCUT2D eigenvalue weighted by Crippen LogP contribution is 2.43. The third-order valence-corrected chi connectivity index (χ3v) is 4.62. The smallest absolute Gasteiger partial charge is 0.123 e. The molecule has 0 amide bonds. The molecule has 3 heteroatoms. The summed E-state index contributed by atoms with van der Waals surface area (Å²) in [5.41, 5.74) is 1.42. The molecular formula is C17H25NO2. The van der Waals surface area contributed by atoms with Gasteiger partial charge in [0.25, 0.3) is 0 Å². The predicted octanol–water partition coefficient (Wildman–Crippen LogP) is 3.28. The predicted molar refractivity (Wildman–Crippen MR) is 80.0 cm³/mol. The zero-order valence-electron chi connectivity index (χ0n) is 12.4.